The van der Waals surface area contributed by atoms with Crippen LogP contribution in [0.3, 0.4) is 0 Å². The molecule has 0 radical (unpaired) electrons. The lowest BCUT2D eigenvalue weighted by atomic mass is 9.41. The minimum Gasteiger partial charge on any atom is -0.339 e. The number of aliphatic imine (C=N–C) groups is 1. The van der Waals surface area contributed by atoms with Crippen LogP contribution in [0.15, 0.2) is 33.8 Å². The maximum atomic E-state index is 14.3. The third-order valence-electron chi connectivity index (χ3n) is 9.72. The minimum atomic E-state index is -1.09. The summed E-state index contributed by atoms with van der Waals surface area (Å²) in [6.45, 7) is 4.33. The molecule has 2 aromatic rings. The van der Waals surface area contributed by atoms with Gasteiger partial charge in [0.2, 0.25) is 11.8 Å². The number of rotatable bonds is 7. The van der Waals surface area contributed by atoms with E-state index in [9.17, 15) is 9.18 Å². The monoisotopic (exact) mass is 462 g/mol. The molecule has 0 saturated heterocycles. The van der Waals surface area contributed by atoms with Crippen LogP contribution in [-0.2, 0) is 10.2 Å². The highest BCUT2D eigenvalue weighted by atomic mass is 19.1. The Hall–Kier alpha value is -2.57. The molecule has 1 amide bonds. The van der Waals surface area contributed by atoms with Crippen LogP contribution in [0.5, 0.6) is 0 Å². The fourth-order valence-corrected chi connectivity index (χ4v) is 7.33. The average Bonchev–Trinajstić information content (AvgIpc) is 3.56. The highest BCUT2D eigenvalue weighted by molar-refractivity contribution is 6.00. The summed E-state index contributed by atoms with van der Waals surface area (Å²) in [5.41, 5.74) is 0.0854. The van der Waals surface area contributed by atoms with E-state index in [4.69, 9.17) is 9.51 Å². The Labute approximate surface area is 199 Å². The molecule has 34 heavy (non-hydrogen) atoms. The molecule has 1 aromatic carbocycles. The number of aromatic nitrogens is 2. The van der Waals surface area contributed by atoms with Gasteiger partial charge in [0, 0.05) is 23.6 Å². The van der Waals surface area contributed by atoms with Crippen molar-refractivity contribution < 1.29 is 13.7 Å². The molecule has 0 unspecified atom stereocenters. The topological polar surface area (TPSA) is 71.6 Å². The molecular weight excluding hydrogens is 431 g/mol. The first-order chi connectivity index (χ1) is 16.4. The van der Waals surface area contributed by atoms with Crippen molar-refractivity contribution in [1.29, 1.82) is 0 Å². The van der Waals surface area contributed by atoms with Crippen molar-refractivity contribution in [3.05, 3.63) is 36.0 Å². The number of carbonyl (C=O) groups excluding carboxylic acids is 1. The van der Waals surface area contributed by atoms with Crippen molar-refractivity contribution in [2.24, 2.45) is 15.8 Å². The lowest BCUT2D eigenvalue weighted by Crippen LogP contribution is -2.71. The molecule has 0 N–H and O–H groups in total. The van der Waals surface area contributed by atoms with Gasteiger partial charge in [-0.3, -0.25) is 9.79 Å². The Kier molecular flexibility index (Phi) is 4.13. The molecule has 7 saturated carbocycles. The molecule has 1 aromatic heterocycles. The zero-order valence-electron chi connectivity index (χ0n) is 19.6. The summed E-state index contributed by atoms with van der Waals surface area (Å²) in [4.78, 5) is 24.7. The molecule has 7 fully saturated rings. The second-order valence-corrected chi connectivity index (χ2v) is 12.0. The van der Waals surface area contributed by atoms with Gasteiger partial charge in [-0.1, -0.05) is 11.2 Å². The fraction of sp³-hybridized carbons (Fsp3) is 0.630. The van der Waals surface area contributed by atoms with Crippen LogP contribution in [0.2, 0.25) is 0 Å². The normalized spacial score (nSPS) is 37.6. The third kappa shape index (κ3) is 2.97. The summed E-state index contributed by atoms with van der Waals surface area (Å²) in [5, 5.41) is 4.28. The van der Waals surface area contributed by atoms with Crippen LogP contribution in [0.1, 0.15) is 88.3 Å². The third-order valence-corrected chi connectivity index (χ3v) is 9.72. The maximum Gasteiger partial charge on any atom is 0.233 e. The molecule has 0 spiro atoms. The number of amides is 1. The summed E-state index contributed by atoms with van der Waals surface area (Å²) < 4.78 is 20.1. The fourth-order valence-electron chi connectivity index (χ4n) is 7.33. The van der Waals surface area contributed by atoms with Crippen molar-refractivity contribution in [3.8, 4) is 0 Å². The number of anilines is 1. The number of hydrogen-bond acceptors (Lipinski definition) is 5. The van der Waals surface area contributed by atoms with Crippen LogP contribution in [-0.4, -0.2) is 35.0 Å². The highest BCUT2D eigenvalue weighted by Gasteiger charge is 2.73. The molecule has 9 rings (SSSR count). The molecule has 7 aliphatic carbocycles. The molecule has 7 aliphatic rings. The van der Waals surface area contributed by atoms with Crippen molar-refractivity contribution >= 4 is 24.0 Å². The van der Waals surface area contributed by atoms with Crippen LogP contribution < -0.4 is 4.90 Å². The molecule has 1 heterocycles. The average molecular weight is 463 g/mol. The number of nitrogens with zero attached hydrogens (tertiary/aromatic N) is 4. The van der Waals surface area contributed by atoms with Crippen molar-refractivity contribution in [1.82, 2.24) is 10.1 Å². The number of carbonyl (C=O) groups is 1. The van der Waals surface area contributed by atoms with E-state index in [2.05, 4.69) is 16.9 Å². The zero-order chi connectivity index (χ0) is 23.2. The lowest BCUT2D eigenvalue weighted by Gasteiger charge is -2.65. The van der Waals surface area contributed by atoms with Gasteiger partial charge >= 0.3 is 0 Å². The summed E-state index contributed by atoms with van der Waals surface area (Å²) in [6.07, 6.45) is 9.67. The number of alkyl halides is 1. The number of hydrogen-bond donors (Lipinski definition) is 0. The van der Waals surface area contributed by atoms with Crippen LogP contribution in [0.4, 0.5) is 15.8 Å². The molecule has 0 aliphatic heterocycles. The van der Waals surface area contributed by atoms with Gasteiger partial charge in [-0.25, -0.2) is 4.39 Å². The standard InChI is InChI=1S/C27H31FN4O2/c1-29-19-3-2-4-20(13-19)32(23(33)26-14-27(28,15-26)16-26)17-24-7-10-25(11-8-24,12-9-24)22-30-21(31-34-22)18-5-6-18/h2-4,13,18H,1,5-12,14-17H2. The first kappa shape index (κ1) is 20.8. The van der Waals surface area contributed by atoms with Crippen LogP contribution in [0.25, 0.3) is 0 Å². The summed E-state index contributed by atoms with van der Waals surface area (Å²) in [7, 11) is 0. The zero-order valence-corrected chi connectivity index (χ0v) is 19.6. The van der Waals surface area contributed by atoms with E-state index in [1.807, 2.05) is 29.2 Å². The first-order valence-electron chi connectivity index (χ1n) is 12.8. The maximum absolute atomic E-state index is 14.3. The largest absolute Gasteiger partial charge is 0.339 e. The summed E-state index contributed by atoms with van der Waals surface area (Å²) >= 11 is 0. The van der Waals surface area contributed by atoms with Crippen molar-refractivity contribution in [3.63, 3.8) is 0 Å². The Morgan fingerprint density at radius 3 is 2.47 bits per heavy atom. The van der Waals surface area contributed by atoms with Crippen molar-refractivity contribution in [2.45, 2.75) is 87.6 Å². The van der Waals surface area contributed by atoms with Crippen molar-refractivity contribution in [2.75, 3.05) is 11.4 Å². The van der Waals surface area contributed by atoms with E-state index in [1.54, 1.807) is 0 Å². The van der Waals surface area contributed by atoms with Gasteiger partial charge in [-0.05, 0) is 101 Å². The van der Waals surface area contributed by atoms with E-state index in [1.165, 1.54) is 12.8 Å². The van der Waals surface area contributed by atoms with Gasteiger partial charge in [0.1, 0.15) is 5.67 Å². The molecule has 178 valence electrons. The van der Waals surface area contributed by atoms with Crippen LogP contribution >= 0.6 is 0 Å². The quantitative estimate of drug-likeness (QED) is 0.488. The van der Waals surface area contributed by atoms with E-state index in [-0.39, 0.29) is 16.7 Å². The molecule has 4 bridgehead atoms. The predicted octanol–water partition coefficient (Wildman–Crippen LogP) is 5.80. The SMILES string of the molecule is C=Nc1cccc(N(CC23CCC(c4nc(C5CC5)no4)(CC2)CC3)C(=O)C23CC(F)(C2)C3)c1. The second kappa shape index (κ2) is 6.76. The highest BCUT2D eigenvalue weighted by Crippen LogP contribution is 2.70. The molecule has 6 nitrogen and oxygen atoms in total. The summed E-state index contributed by atoms with van der Waals surface area (Å²) in [6, 6.07) is 7.74. The van der Waals surface area contributed by atoms with Crippen LogP contribution in [0, 0.1) is 10.8 Å². The van der Waals surface area contributed by atoms with Gasteiger partial charge < -0.3 is 9.42 Å². The Morgan fingerprint density at radius 1 is 1.15 bits per heavy atom. The van der Waals surface area contributed by atoms with E-state index in [0.29, 0.717) is 31.7 Å². The molecular formula is C27H31FN4O2. The predicted molar refractivity (Wildman–Crippen MR) is 126 cm³/mol. The number of fused-ring (bicyclic) bond motifs is 3. The molecule has 0 atom stereocenters. The second-order valence-electron chi connectivity index (χ2n) is 12.0. The number of halogens is 1. The van der Waals surface area contributed by atoms with Gasteiger partial charge in [-0.15, -0.1) is 0 Å². The van der Waals surface area contributed by atoms with E-state index < -0.39 is 11.1 Å². The smallest absolute Gasteiger partial charge is 0.233 e. The van der Waals surface area contributed by atoms with E-state index in [0.717, 1.165) is 61.6 Å². The van der Waals surface area contributed by atoms with Gasteiger partial charge in [0.15, 0.2) is 5.82 Å². The minimum absolute atomic E-state index is 0.00212. The Bertz CT molecular complexity index is 1140. The van der Waals surface area contributed by atoms with E-state index >= 15 is 0 Å². The van der Waals surface area contributed by atoms with Gasteiger partial charge in [0.05, 0.1) is 11.1 Å². The Morgan fingerprint density at radius 2 is 1.85 bits per heavy atom. The molecule has 7 heteroatoms. The Balaban J connectivity index is 1.14. The summed E-state index contributed by atoms with van der Waals surface area (Å²) in [5.74, 6) is 2.32. The number of benzene rings is 1. The first-order valence-corrected chi connectivity index (χ1v) is 12.8. The lowest BCUT2D eigenvalue weighted by molar-refractivity contribution is -0.211. The van der Waals surface area contributed by atoms with Gasteiger partial charge in [0.25, 0.3) is 0 Å². The van der Waals surface area contributed by atoms with Gasteiger partial charge in [-0.2, -0.15) is 4.98 Å².